The number of furan rings is 1. The third kappa shape index (κ3) is 4.46. The van der Waals surface area contributed by atoms with Gasteiger partial charge in [-0.25, -0.2) is 4.79 Å². The number of carbonyl (C=O) groups excluding carboxylic acids is 3. The highest BCUT2D eigenvalue weighted by molar-refractivity contribution is 8.18. The second kappa shape index (κ2) is 8.65. The lowest BCUT2D eigenvalue weighted by Gasteiger charge is -2.12. The van der Waals surface area contributed by atoms with Crippen molar-refractivity contribution in [1.29, 1.82) is 0 Å². The molecule has 0 atom stereocenters. The maximum absolute atomic E-state index is 12.7. The molecule has 2 heterocycles. The van der Waals surface area contributed by atoms with Crippen LogP contribution >= 0.6 is 11.8 Å². The Hall–Kier alpha value is -3.58. The van der Waals surface area contributed by atoms with Crippen molar-refractivity contribution in [1.82, 2.24) is 4.90 Å². The highest BCUT2D eigenvalue weighted by atomic mass is 32.2. The van der Waals surface area contributed by atoms with Crippen molar-refractivity contribution in [3.8, 4) is 11.3 Å². The summed E-state index contributed by atoms with van der Waals surface area (Å²) in [5.41, 5.74) is 3.23. The molecule has 0 saturated carbocycles. The molecule has 0 unspecified atom stereocenters. The molecule has 0 N–H and O–H groups in total. The van der Waals surface area contributed by atoms with Gasteiger partial charge >= 0.3 is 5.97 Å². The average Bonchev–Trinajstić information content (AvgIpc) is 3.35. The van der Waals surface area contributed by atoms with E-state index in [0.717, 1.165) is 28.5 Å². The van der Waals surface area contributed by atoms with Gasteiger partial charge in [0.25, 0.3) is 11.1 Å². The van der Waals surface area contributed by atoms with Gasteiger partial charge in [0.2, 0.25) is 0 Å². The fraction of sp³-hybridized carbons (Fsp3) is 0.125. The predicted octanol–water partition coefficient (Wildman–Crippen LogP) is 5.28. The Kier molecular flexibility index (Phi) is 5.77. The largest absolute Gasteiger partial charge is 0.465 e. The lowest BCUT2D eigenvalue weighted by atomic mass is 10.1. The number of nitrogens with zero attached hydrogens (tertiary/aromatic N) is 1. The highest BCUT2D eigenvalue weighted by Gasteiger charge is 2.35. The SMILES string of the molecule is COC(=O)c1ccc(-c2ccc(/C=C3\SC(=O)N(Cc4ccc(C)cc4)C3=O)o2)cc1. The lowest BCUT2D eigenvalue weighted by Crippen LogP contribution is -2.27. The van der Waals surface area contributed by atoms with Gasteiger partial charge in [-0.1, -0.05) is 42.0 Å². The number of benzene rings is 2. The van der Waals surface area contributed by atoms with E-state index in [1.165, 1.54) is 12.0 Å². The zero-order chi connectivity index (χ0) is 22.0. The average molecular weight is 433 g/mol. The van der Waals surface area contributed by atoms with Crippen molar-refractivity contribution < 1.29 is 23.5 Å². The van der Waals surface area contributed by atoms with Gasteiger partial charge < -0.3 is 9.15 Å². The molecule has 156 valence electrons. The van der Waals surface area contributed by atoms with Crippen LogP contribution in [-0.2, 0) is 16.1 Å². The van der Waals surface area contributed by atoms with Crippen molar-refractivity contribution in [3.05, 3.63) is 88.0 Å². The Balaban J connectivity index is 1.50. The molecule has 2 amide bonds. The minimum atomic E-state index is -0.409. The van der Waals surface area contributed by atoms with Gasteiger partial charge in [-0.15, -0.1) is 0 Å². The molecule has 1 fully saturated rings. The quantitative estimate of drug-likeness (QED) is 0.403. The molecule has 4 rings (SSSR count). The van der Waals surface area contributed by atoms with Crippen LogP contribution in [0, 0.1) is 6.92 Å². The first kappa shape index (κ1) is 20.7. The Morgan fingerprint density at radius 2 is 1.74 bits per heavy atom. The molecule has 0 bridgehead atoms. The first-order chi connectivity index (χ1) is 14.9. The van der Waals surface area contributed by atoms with Crippen LogP contribution in [0.4, 0.5) is 4.79 Å². The van der Waals surface area contributed by atoms with E-state index < -0.39 is 5.97 Å². The second-order valence-corrected chi connectivity index (χ2v) is 8.02. The molecule has 1 saturated heterocycles. The molecule has 1 aromatic heterocycles. The van der Waals surface area contributed by atoms with E-state index in [2.05, 4.69) is 0 Å². The summed E-state index contributed by atoms with van der Waals surface area (Å²) in [6, 6.07) is 18.0. The molecule has 1 aliphatic rings. The van der Waals surface area contributed by atoms with Crippen LogP contribution in [0.2, 0.25) is 0 Å². The molecule has 6 nitrogen and oxygen atoms in total. The van der Waals surface area contributed by atoms with Gasteiger partial charge in [-0.3, -0.25) is 14.5 Å². The summed E-state index contributed by atoms with van der Waals surface area (Å²) in [5.74, 6) is 0.304. The summed E-state index contributed by atoms with van der Waals surface area (Å²) in [5, 5.41) is -0.304. The van der Waals surface area contributed by atoms with Gasteiger partial charge in [0.05, 0.1) is 24.1 Å². The van der Waals surface area contributed by atoms with Crippen molar-refractivity contribution in [2.24, 2.45) is 0 Å². The number of imide groups is 1. The van der Waals surface area contributed by atoms with E-state index in [1.54, 1.807) is 42.5 Å². The maximum atomic E-state index is 12.7. The van der Waals surface area contributed by atoms with Crippen LogP contribution in [0.25, 0.3) is 17.4 Å². The van der Waals surface area contributed by atoms with Crippen molar-refractivity contribution in [3.63, 3.8) is 0 Å². The number of hydrogen-bond donors (Lipinski definition) is 0. The molecule has 7 heteroatoms. The molecular formula is C24H19NO5S. The minimum absolute atomic E-state index is 0.234. The van der Waals surface area contributed by atoms with Crippen molar-refractivity contribution in [2.75, 3.05) is 7.11 Å². The third-order valence-electron chi connectivity index (χ3n) is 4.83. The molecule has 3 aromatic rings. The van der Waals surface area contributed by atoms with E-state index >= 15 is 0 Å². The number of methoxy groups -OCH3 is 1. The van der Waals surface area contributed by atoms with Gasteiger partial charge in [-0.2, -0.15) is 0 Å². The number of esters is 1. The highest BCUT2D eigenvalue weighted by Crippen LogP contribution is 2.34. The number of amides is 2. The fourth-order valence-corrected chi connectivity index (χ4v) is 3.93. The number of aryl methyl sites for hydroxylation is 1. The van der Waals surface area contributed by atoms with E-state index in [4.69, 9.17) is 9.15 Å². The van der Waals surface area contributed by atoms with Gasteiger partial charge in [0, 0.05) is 11.6 Å². The first-order valence-corrected chi connectivity index (χ1v) is 10.4. The van der Waals surface area contributed by atoms with Crippen LogP contribution in [0.3, 0.4) is 0 Å². The second-order valence-electron chi connectivity index (χ2n) is 7.02. The Morgan fingerprint density at radius 1 is 1.03 bits per heavy atom. The monoisotopic (exact) mass is 433 g/mol. The molecular weight excluding hydrogens is 414 g/mol. The summed E-state index contributed by atoms with van der Waals surface area (Å²) in [6.07, 6.45) is 1.58. The molecule has 2 aromatic carbocycles. The number of ether oxygens (including phenoxy) is 1. The summed E-state index contributed by atoms with van der Waals surface area (Å²) in [4.78, 5) is 38.2. The fourth-order valence-electron chi connectivity index (χ4n) is 3.12. The van der Waals surface area contributed by atoms with Crippen LogP contribution in [-0.4, -0.2) is 29.1 Å². The number of hydrogen-bond acceptors (Lipinski definition) is 6. The summed E-state index contributed by atoms with van der Waals surface area (Å²) in [6.45, 7) is 2.22. The molecule has 0 radical (unpaired) electrons. The van der Waals surface area contributed by atoms with Crippen molar-refractivity contribution in [2.45, 2.75) is 13.5 Å². The molecule has 1 aliphatic heterocycles. The number of carbonyl (C=O) groups is 3. The van der Waals surface area contributed by atoms with Gasteiger partial charge in [0.15, 0.2) is 0 Å². The van der Waals surface area contributed by atoms with Crippen molar-refractivity contribution >= 4 is 35.0 Å². The van der Waals surface area contributed by atoms with Gasteiger partial charge in [0.1, 0.15) is 11.5 Å². The molecule has 31 heavy (non-hydrogen) atoms. The summed E-state index contributed by atoms with van der Waals surface area (Å²) >= 11 is 0.899. The van der Waals surface area contributed by atoms with Crippen LogP contribution in [0.1, 0.15) is 27.2 Å². The van der Waals surface area contributed by atoms with E-state index in [-0.39, 0.29) is 17.7 Å². The maximum Gasteiger partial charge on any atom is 0.337 e. The molecule has 0 aliphatic carbocycles. The standard InChI is InChI=1S/C24H19NO5S/c1-15-3-5-16(6-4-15)14-25-22(26)21(31-24(25)28)13-19-11-12-20(30-19)17-7-9-18(10-8-17)23(27)29-2/h3-13H,14H2,1-2H3/b21-13-. The topological polar surface area (TPSA) is 76.8 Å². The smallest absolute Gasteiger partial charge is 0.337 e. The first-order valence-electron chi connectivity index (χ1n) is 9.54. The van der Waals surface area contributed by atoms with E-state index in [0.29, 0.717) is 22.0 Å². The minimum Gasteiger partial charge on any atom is -0.465 e. The Morgan fingerprint density at radius 3 is 2.42 bits per heavy atom. The van der Waals surface area contributed by atoms with Crippen LogP contribution in [0.15, 0.2) is 70.0 Å². The third-order valence-corrected chi connectivity index (χ3v) is 5.73. The lowest BCUT2D eigenvalue weighted by molar-refractivity contribution is -0.123. The van der Waals surface area contributed by atoms with E-state index in [1.807, 2.05) is 31.2 Å². The predicted molar refractivity (Wildman–Crippen MR) is 118 cm³/mol. The van der Waals surface area contributed by atoms with E-state index in [9.17, 15) is 14.4 Å². The zero-order valence-corrected chi connectivity index (χ0v) is 17.8. The summed E-state index contributed by atoms with van der Waals surface area (Å²) < 4.78 is 10.5. The Bertz CT molecular complexity index is 1180. The molecule has 0 spiro atoms. The van der Waals surface area contributed by atoms with Crippen LogP contribution in [0.5, 0.6) is 0 Å². The number of rotatable bonds is 5. The van der Waals surface area contributed by atoms with Gasteiger partial charge in [-0.05, 0) is 48.5 Å². The Labute approximate surface area is 183 Å². The zero-order valence-electron chi connectivity index (χ0n) is 17.0. The summed E-state index contributed by atoms with van der Waals surface area (Å²) in [7, 11) is 1.33. The number of thioether (sulfide) groups is 1. The normalized spacial score (nSPS) is 15.0. The van der Waals surface area contributed by atoms with Crippen LogP contribution < -0.4 is 0 Å².